The Morgan fingerprint density at radius 3 is 2.43 bits per heavy atom. The van der Waals surface area contributed by atoms with E-state index in [-0.39, 0.29) is 28.3 Å². The molecule has 0 saturated heterocycles. The molecule has 4 rings (SSSR count). The maximum Gasteiger partial charge on any atom is 0.302 e. The number of ketones is 1. The van der Waals surface area contributed by atoms with Crippen molar-refractivity contribution in [2.45, 2.75) is 92.6 Å². The highest BCUT2D eigenvalue weighted by atomic mass is 16.5. The number of carbonyl (C=O) groups is 2. The Labute approximate surface area is 170 Å². The molecule has 0 aromatic heterocycles. The molecule has 156 valence electrons. The van der Waals surface area contributed by atoms with Crippen molar-refractivity contribution in [3.63, 3.8) is 0 Å². The van der Waals surface area contributed by atoms with Crippen molar-refractivity contribution < 1.29 is 14.3 Å². The van der Waals surface area contributed by atoms with Crippen molar-refractivity contribution in [2.24, 2.45) is 39.9 Å². The zero-order valence-electron chi connectivity index (χ0n) is 18.6. The Hall–Kier alpha value is -1.12. The molecule has 0 spiro atoms. The van der Waals surface area contributed by atoms with E-state index in [0.717, 1.165) is 25.7 Å². The number of carbonyl (C=O) groups excluding carboxylic acids is 2. The van der Waals surface area contributed by atoms with Gasteiger partial charge in [0.1, 0.15) is 11.9 Å². The first-order valence-electron chi connectivity index (χ1n) is 11.4. The zero-order chi connectivity index (χ0) is 20.5. The summed E-state index contributed by atoms with van der Waals surface area (Å²) < 4.78 is 5.56. The summed E-state index contributed by atoms with van der Waals surface area (Å²) in [4.78, 5) is 24.2. The largest absolute Gasteiger partial charge is 0.462 e. The fourth-order valence-corrected chi connectivity index (χ4v) is 8.29. The molecule has 3 fully saturated rings. The minimum Gasteiger partial charge on any atom is -0.462 e. The van der Waals surface area contributed by atoms with Crippen molar-refractivity contribution >= 4 is 11.8 Å². The predicted octanol–water partition coefficient (Wildman–Crippen LogP) is 5.72. The summed E-state index contributed by atoms with van der Waals surface area (Å²) in [7, 11) is 0. The van der Waals surface area contributed by atoms with E-state index in [4.69, 9.17) is 4.74 Å². The molecule has 8 atom stereocenters. The minimum atomic E-state index is -0.180. The van der Waals surface area contributed by atoms with E-state index in [1.807, 2.05) is 6.92 Å². The van der Waals surface area contributed by atoms with Gasteiger partial charge in [-0.1, -0.05) is 39.3 Å². The highest BCUT2D eigenvalue weighted by Crippen LogP contribution is 2.71. The molecule has 3 saturated carbocycles. The molecular formula is C25H38O3. The molecule has 0 radical (unpaired) electrons. The lowest BCUT2D eigenvalue weighted by atomic mass is 9.45. The lowest BCUT2D eigenvalue weighted by Crippen LogP contribution is -2.53. The van der Waals surface area contributed by atoms with Gasteiger partial charge in [0.25, 0.3) is 0 Å². The van der Waals surface area contributed by atoms with Crippen LogP contribution in [0.5, 0.6) is 0 Å². The SMILES string of the molecule is CC(=O)O[C@H]1CC[C@@]2(C)C(=CC[C@H]3[C@H]2CC[C@]2(C)[C@@H]3C[C@@H](C)[C@]2(C)C(C)=O)C1. The number of hydrogen-bond donors (Lipinski definition) is 0. The van der Waals surface area contributed by atoms with Crippen molar-refractivity contribution in [3.05, 3.63) is 11.6 Å². The van der Waals surface area contributed by atoms with Crippen LogP contribution in [0.25, 0.3) is 0 Å². The van der Waals surface area contributed by atoms with Gasteiger partial charge in [-0.2, -0.15) is 0 Å². The number of fused-ring (bicyclic) bond motifs is 5. The molecule has 4 aliphatic rings. The normalized spacial score (nSPS) is 50.1. The lowest BCUT2D eigenvalue weighted by Gasteiger charge is -2.59. The summed E-state index contributed by atoms with van der Waals surface area (Å²) >= 11 is 0. The second kappa shape index (κ2) is 6.44. The summed E-state index contributed by atoms with van der Waals surface area (Å²) in [6, 6.07) is 0. The molecule has 3 heteroatoms. The van der Waals surface area contributed by atoms with Gasteiger partial charge in [0.2, 0.25) is 0 Å². The number of ether oxygens (including phenoxy) is 1. The molecule has 0 aromatic rings. The van der Waals surface area contributed by atoms with Crippen LogP contribution in [0.3, 0.4) is 0 Å². The van der Waals surface area contributed by atoms with E-state index < -0.39 is 0 Å². The Morgan fingerprint density at radius 1 is 1.07 bits per heavy atom. The third-order valence-electron chi connectivity index (χ3n) is 10.3. The standard InChI is InChI=1S/C25H38O3/c1-15-13-22-20-8-7-18-14-19(28-17(3)27)9-11-23(18,4)21(20)10-12-24(22,5)25(15,6)16(2)26/h7,15,19-22H,8-14H2,1-6H3/t15-,19+,20+,21-,22-,23+,24-,25-/m1/s1. The average Bonchev–Trinajstić information content (AvgIpc) is 2.83. The first-order valence-corrected chi connectivity index (χ1v) is 11.4. The third-order valence-corrected chi connectivity index (χ3v) is 10.3. The van der Waals surface area contributed by atoms with Gasteiger partial charge in [-0.05, 0) is 80.0 Å². The molecule has 0 bridgehead atoms. The van der Waals surface area contributed by atoms with Crippen LogP contribution in [0.4, 0.5) is 0 Å². The van der Waals surface area contributed by atoms with Gasteiger partial charge in [0.15, 0.2) is 0 Å². The van der Waals surface area contributed by atoms with Gasteiger partial charge in [0, 0.05) is 18.8 Å². The van der Waals surface area contributed by atoms with Crippen molar-refractivity contribution in [1.82, 2.24) is 0 Å². The van der Waals surface area contributed by atoms with Gasteiger partial charge in [-0.15, -0.1) is 0 Å². The Bertz CT molecular complexity index is 723. The third kappa shape index (κ3) is 2.53. The van der Waals surface area contributed by atoms with E-state index in [1.165, 1.54) is 31.8 Å². The molecular weight excluding hydrogens is 348 g/mol. The Kier molecular flexibility index (Phi) is 4.64. The van der Waals surface area contributed by atoms with Crippen LogP contribution in [0.2, 0.25) is 0 Å². The second-order valence-electron chi connectivity index (χ2n) is 11.1. The molecule has 0 N–H and O–H groups in total. The number of esters is 1. The number of rotatable bonds is 2. The highest BCUT2D eigenvalue weighted by Gasteiger charge is 2.66. The zero-order valence-corrected chi connectivity index (χ0v) is 18.6. The predicted molar refractivity (Wildman–Crippen MR) is 111 cm³/mol. The van der Waals surface area contributed by atoms with E-state index in [0.29, 0.717) is 29.5 Å². The summed E-state index contributed by atoms with van der Waals surface area (Å²) in [5, 5.41) is 0. The maximum absolute atomic E-state index is 12.8. The fraction of sp³-hybridized carbons (Fsp3) is 0.840. The molecule has 0 aliphatic heterocycles. The average molecular weight is 387 g/mol. The van der Waals surface area contributed by atoms with Crippen molar-refractivity contribution in [2.75, 3.05) is 0 Å². The van der Waals surface area contributed by atoms with E-state index >= 15 is 0 Å². The van der Waals surface area contributed by atoms with Gasteiger partial charge >= 0.3 is 5.97 Å². The smallest absolute Gasteiger partial charge is 0.302 e. The molecule has 0 heterocycles. The molecule has 28 heavy (non-hydrogen) atoms. The van der Waals surface area contributed by atoms with Crippen LogP contribution in [-0.2, 0) is 14.3 Å². The van der Waals surface area contributed by atoms with Crippen molar-refractivity contribution in [1.29, 1.82) is 0 Å². The number of Topliss-reactive ketones (excluding diaryl/α,β-unsaturated/α-hetero) is 1. The molecule has 3 nitrogen and oxygen atoms in total. The number of allylic oxidation sites excluding steroid dienone is 1. The summed E-state index contributed by atoms with van der Waals surface area (Å²) in [5.74, 6) is 2.77. The van der Waals surface area contributed by atoms with Crippen LogP contribution in [-0.4, -0.2) is 17.9 Å². The van der Waals surface area contributed by atoms with Crippen molar-refractivity contribution in [3.8, 4) is 0 Å². The number of hydrogen-bond acceptors (Lipinski definition) is 3. The van der Waals surface area contributed by atoms with Gasteiger partial charge in [0.05, 0.1) is 0 Å². The van der Waals surface area contributed by atoms with Gasteiger partial charge in [-0.3, -0.25) is 9.59 Å². The first-order chi connectivity index (χ1) is 13.0. The van der Waals surface area contributed by atoms with Gasteiger partial charge < -0.3 is 4.74 Å². The molecule has 4 aliphatic carbocycles. The van der Waals surface area contributed by atoms with E-state index in [1.54, 1.807) is 0 Å². The van der Waals surface area contributed by atoms with Crippen LogP contribution < -0.4 is 0 Å². The molecule has 0 unspecified atom stereocenters. The summed E-state index contributed by atoms with van der Waals surface area (Å²) in [6.07, 6.45) is 10.3. The first kappa shape index (κ1) is 20.2. The highest BCUT2D eigenvalue weighted by molar-refractivity contribution is 5.83. The van der Waals surface area contributed by atoms with Crippen LogP contribution >= 0.6 is 0 Å². The molecule has 0 aromatic carbocycles. The topological polar surface area (TPSA) is 43.4 Å². The monoisotopic (exact) mass is 386 g/mol. The van der Waals surface area contributed by atoms with Crippen LogP contribution in [0.1, 0.15) is 86.5 Å². The second-order valence-corrected chi connectivity index (χ2v) is 11.1. The Balaban J connectivity index is 1.64. The van der Waals surface area contributed by atoms with Crippen LogP contribution in [0, 0.1) is 39.9 Å². The Morgan fingerprint density at radius 2 is 1.79 bits per heavy atom. The quantitative estimate of drug-likeness (QED) is 0.450. The minimum absolute atomic E-state index is 0.0646. The lowest BCUT2D eigenvalue weighted by molar-refractivity contribution is -0.150. The van der Waals surface area contributed by atoms with E-state index in [9.17, 15) is 9.59 Å². The fourth-order valence-electron chi connectivity index (χ4n) is 8.29. The van der Waals surface area contributed by atoms with Crippen LogP contribution in [0.15, 0.2) is 11.6 Å². The van der Waals surface area contributed by atoms with E-state index in [2.05, 4.69) is 33.8 Å². The maximum atomic E-state index is 12.8. The summed E-state index contributed by atoms with van der Waals surface area (Å²) in [5.41, 5.74) is 1.74. The molecule has 0 amide bonds. The van der Waals surface area contributed by atoms with Gasteiger partial charge in [-0.25, -0.2) is 0 Å². The summed E-state index contributed by atoms with van der Waals surface area (Å²) in [6.45, 7) is 12.8.